The van der Waals surface area contributed by atoms with E-state index in [0.29, 0.717) is 0 Å². The van der Waals surface area contributed by atoms with Crippen molar-refractivity contribution in [3.05, 3.63) is 53.3 Å². The molecule has 150 valence electrons. The summed E-state index contributed by atoms with van der Waals surface area (Å²) >= 11 is 6.20. The number of piperazine rings is 1. The summed E-state index contributed by atoms with van der Waals surface area (Å²) in [5, 5.41) is 7.55. The standard InChI is InChI=1S/C20H28ClN7/c1-22-19(23-10-7-17-5-2-3-6-18(17)21)24-11-12-27-13-15-28(16-14-27)20-25-8-4-9-26-20/h2-6,8-9H,7,10-16H2,1H3,(H2,22,23,24). The van der Waals surface area contributed by atoms with Gasteiger partial charge in [0.25, 0.3) is 0 Å². The van der Waals surface area contributed by atoms with Gasteiger partial charge in [-0.1, -0.05) is 29.8 Å². The Morgan fingerprint density at radius 2 is 1.75 bits per heavy atom. The third-order valence-electron chi connectivity index (χ3n) is 4.80. The molecule has 0 atom stereocenters. The average Bonchev–Trinajstić information content (AvgIpc) is 2.75. The van der Waals surface area contributed by atoms with Crippen molar-refractivity contribution in [1.82, 2.24) is 25.5 Å². The molecule has 0 bridgehead atoms. The Bertz CT molecular complexity index is 745. The lowest BCUT2D eigenvalue weighted by atomic mass is 10.1. The number of nitrogens with zero attached hydrogens (tertiary/aromatic N) is 5. The summed E-state index contributed by atoms with van der Waals surface area (Å²) < 4.78 is 0. The fourth-order valence-corrected chi connectivity index (χ4v) is 3.43. The van der Waals surface area contributed by atoms with Crippen molar-refractivity contribution in [3.8, 4) is 0 Å². The molecule has 28 heavy (non-hydrogen) atoms. The molecule has 0 spiro atoms. The zero-order valence-corrected chi connectivity index (χ0v) is 17.1. The van der Waals surface area contributed by atoms with Gasteiger partial charge in [0.05, 0.1) is 0 Å². The Hall–Kier alpha value is -2.38. The highest BCUT2D eigenvalue weighted by molar-refractivity contribution is 6.31. The number of aliphatic imine (C=N–C) groups is 1. The number of hydrogen-bond acceptors (Lipinski definition) is 5. The fraction of sp³-hybridized carbons (Fsp3) is 0.450. The van der Waals surface area contributed by atoms with Gasteiger partial charge in [-0.2, -0.15) is 0 Å². The Morgan fingerprint density at radius 3 is 2.46 bits per heavy atom. The summed E-state index contributed by atoms with van der Waals surface area (Å²) in [4.78, 5) is 17.6. The van der Waals surface area contributed by atoms with Gasteiger partial charge >= 0.3 is 0 Å². The van der Waals surface area contributed by atoms with Crippen LogP contribution in [0.4, 0.5) is 5.95 Å². The first-order valence-electron chi connectivity index (χ1n) is 9.68. The van der Waals surface area contributed by atoms with Crippen LogP contribution in [-0.4, -0.2) is 73.7 Å². The van der Waals surface area contributed by atoms with Crippen LogP contribution < -0.4 is 15.5 Å². The van der Waals surface area contributed by atoms with Crippen molar-refractivity contribution in [2.24, 2.45) is 4.99 Å². The normalized spacial score (nSPS) is 15.5. The second-order valence-electron chi connectivity index (χ2n) is 6.64. The molecule has 0 unspecified atom stereocenters. The molecule has 7 nitrogen and oxygen atoms in total. The molecular weight excluding hydrogens is 374 g/mol. The second-order valence-corrected chi connectivity index (χ2v) is 7.05. The number of guanidine groups is 1. The lowest BCUT2D eigenvalue weighted by Gasteiger charge is -2.34. The minimum absolute atomic E-state index is 0.791. The molecule has 1 aromatic carbocycles. The van der Waals surface area contributed by atoms with E-state index in [0.717, 1.165) is 74.7 Å². The van der Waals surface area contributed by atoms with Crippen LogP contribution in [0.3, 0.4) is 0 Å². The van der Waals surface area contributed by atoms with Gasteiger partial charge in [-0.3, -0.25) is 9.89 Å². The smallest absolute Gasteiger partial charge is 0.225 e. The molecule has 0 aliphatic carbocycles. The summed E-state index contributed by atoms with van der Waals surface area (Å²) in [5.41, 5.74) is 1.15. The van der Waals surface area contributed by atoms with Crippen LogP contribution in [0.5, 0.6) is 0 Å². The van der Waals surface area contributed by atoms with E-state index in [1.54, 1.807) is 19.4 Å². The number of benzene rings is 1. The van der Waals surface area contributed by atoms with Crippen molar-refractivity contribution in [1.29, 1.82) is 0 Å². The molecule has 2 heterocycles. The maximum absolute atomic E-state index is 6.20. The molecule has 1 aliphatic heterocycles. The zero-order valence-electron chi connectivity index (χ0n) is 16.3. The Labute approximate surface area is 171 Å². The SMILES string of the molecule is CN=C(NCCc1ccccc1Cl)NCCN1CCN(c2ncccn2)CC1. The molecule has 1 aliphatic rings. The molecule has 2 N–H and O–H groups in total. The lowest BCUT2D eigenvalue weighted by Crippen LogP contribution is -2.49. The van der Waals surface area contributed by atoms with Crippen LogP contribution in [0, 0.1) is 0 Å². The Morgan fingerprint density at radius 1 is 1.04 bits per heavy atom. The maximum atomic E-state index is 6.20. The highest BCUT2D eigenvalue weighted by Crippen LogP contribution is 2.14. The fourth-order valence-electron chi connectivity index (χ4n) is 3.20. The van der Waals surface area contributed by atoms with Crippen LogP contribution in [0.1, 0.15) is 5.56 Å². The molecular formula is C20H28ClN7. The summed E-state index contributed by atoms with van der Waals surface area (Å²) in [6.45, 7) is 6.56. The topological polar surface area (TPSA) is 68.7 Å². The minimum atomic E-state index is 0.791. The monoisotopic (exact) mass is 401 g/mol. The predicted octanol–water partition coefficient (Wildman–Crippen LogP) is 1.66. The van der Waals surface area contributed by atoms with E-state index in [2.05, 4.69) is 41.5 Å². The van der Waals surface area contributed by atoms with Crippen LogP contribution >= 0.6 is 11.6 Å². The molecule has 1 saturated heterocycles. The molecule has 2 aromatic rings. The molecule has 3 rings (SSSR count). The van der Waals surface area contributed by atoms with Gasteiger partial charge in [-0.15, -0.1) is 0 Å². The van der Waals surface area contributed by atoms with Gasteiger partial charge in [0, 0.05) is 70.3 Å². The quantitative estimate of drug-likeness (QED) is 0.543. The van der Waals surface area contributed by atoms with E-state index in [4.69, 9.17) is 11.6 Å². The zero-order chi connectivity index (χ0) is 19.6. The van der Waals surface area contributed by atoms with Crippen molar-refractivity contribution < 1.29 is 0 Å². The van der Waals surface area contributed by atoms with E-state index in [-0.39, 0.29) is 0 Å². The highest BCUT2D eigenvalue weighted by atomic mass is 35.5. The van der Waals surface area contributed by atoms with Crippen molar-refractivity contribution in [3.63, 3.8) is 0 Å². The minimum Gasteiger partial charge on any atom is -0.356 e. The molecule has 0 radical (unpaired) electrons. The average molecular weight is 402 g/mol. The predicted molar refractivity (Wildman–Crippen MR) is 115 cm³/mol. The largest absolute Gasteiger partial charge is 0.356 e. The van der Waals surface area contributed by atoms with Crippen molar-refractivity contribution in [2.45, 2.75) is 6.42 Å². The molecule has 1 fully saturated rings. The first kappa shape index (κ1) is 20.4. The second kappa shape index (κ2) is 10.8. The van der Waals surface area contributed by atoms with Gasteiger partial charge in [0.1, 0.15) is 0 Å². The van der Waals surface area contributed by atoms with Gasteiger partial charge in [0.2, 0.25) is 5.95 Å². The van der Waals surface area contributed by atoms with Crippen molar-refractivity contribution >= 4 is 23.5 Å². The van der Waals surface area contributed by atoms with E-state index in [1.165, 1.54) is 0 Å². The molecule has 0 saturated carbocycles. The summed E-state index contributed by atoms with van der Waals surface area (Å²) in [5.74, 6) is 1.65. The number of anilines is 1. The third kappa shape index (κ3) is 6.07. The Kier molecular flexibility index (Phi) is 7.87. The first-order chi connectivity index (χ1) is 13.8. The van der Waals surface area contributed by atoms with Crippen LogP contribution in [0.2, 0.25) is 5.02 Å². The van der Waals surface area contributed by atoms with Crippen molar-refractivity contribution in [2.75, 3.05) is 57.8 Å². The molecule has 0 amide bonds. The van der Waals surface area contributed by atoms with E-state index in [1.807, 2.05) is 24.3 Å². The highest BCUT2D eigenvalue weighted by Gasteiger charge is 2.18. The maximum Gasteiger partial charge on any atom is 0.225 e. The summed E-state index contributed by atoms with van der Waals surface area (Å²) in [6.07, 6.45) is 4.45. The third-order valence-corrected chi connectivity index (χ3v) is 5.16. The number of hydrogen-bond donors (Lipinski definition) is 2. The first-order valence-corrected chi connectivity index (χ1v) is 10.1. The van der Waals surface area contributed by atoms with Gasteiger partial charge in [-0.05, 0) is 24.1 Å². The van der Waals surface area contributed by atoms with E-state index < -0.39 is 0 Å². The van der Waals surface area contributed by atoms with Gasteiger partial charge in [-0.25, -0.2) is 9.97 Å². The van der Waals surface area contributed by atoms with Crippen LogP contribution in [-0.2, 0) is 6.42 Å². The number of rotatable bonds is 7. The summed E-state index contributed by atoms with van der Waals surface area (Å²) in [6, 6.07) is 9.79. The molecule has 1 aromatic heterocycles. The van der Waals surface area contributed by atoms with Crippen LogP contribution in [0.15, 0.2) is 47.7 Å². The molecule has 8 heteroatoms. The number of aromatic nitrogens is 2. The Balaban J connectivity index is 1.32. The number of nitrogens with one attached hydrogen (secondary N) is 2. The number of halogens is 1. The summed E-state index contributed by atoms with van der Waals surface area (Å²) in [7, 11) is 1.80. The van der Waals surface area contributed by atoms with Crippen LogP contribution in [0.25, 0.3) is 0 Å². The lowest BCUT2D eigenvalue weighted by molar-refractivity contribution is 0.260. The van der Waals surface area contributed by atoms with Gasteiger partial charge in [0.15, 0.2) is 5.96 Å². The van der Waals surface area contributed by atoms with E-state index >= 15 is 0 Å². The van der Waals surface area contributed by atoms with Gasteiger partial charge < -0.3 is 15.5 Å². The van der Waals surface area contributed by atoms with E-state index in [9.17, 15) is 0 Å².